The molecule has 0 spiro atoms. The molecule has 4 aromatic rings. The highest BCUT2D eigenvalue weighted by Crippen LogP contribution is 2.27. The number of aromatic carboxylic acids is 1. The maximum atomic E-state index is 13.1. The Balaban J connectivity index is 1.77. The van der Waals surface area contributed by atoms with Crippen LogP contribution in [0.25, 0.3) is 10.9 Å². The van der Waals surface area contributed by atoms with Crippen LogP contribution in [-0.4, -0.2) is 30.2 Å². The first kappa shape index (κ1) is 19.1. The highest BCUT2D eigenvalue weighted by Gasteiger charge is 2.18. The molecule has 0 amide bonds. The number of fused-ring (bicyclic) bond motifs is 1. The fourth-order valence-corrected chi connectivity index (χ4v) is 3.07. The van der Waals surface area contributed by atoms with Gasteiger partial charge in [-0.2, -0.15) is 4.98 Å². The van der Waals surface area contributed by atoms with Crippen LogP contribution in [0.1, 0.15) is 10.4 Å². The normalized spacial score (nSPS) is 10.9. The highest BCUT2D eigenvalue weighted by atomic mass is 19.1. The van der Waals surface area contributed by atoms with Crippen LogP contribution in [-0.2, 0) is 14.1 Å². The molecule has 3 N–H and O–H groups in total. The molecule has 3 aromatic heterocycles. The summed E-state index contributed by atoms with van der Waals surface area (Å²) >= 11 is 0. The highest BCUT2D eigenvalue weighted by molar-refractivity contribution is 5.98. The van der Waals surface area contributed by atoms with Crippen LogP contribution in [0, 0.1) is 5.82 Å². The largest absolute Gasteiger partial charge is 0.477 e. The zero-order valence-electron chi connectivity index (χ0n) is 16.0. The molecule has 3 heterocycles. The van der Waals surface area contributed by atoms with Crippen molar-refractivity contribution in [2.75, 3.05) is 10.6 Å². The Morgan fingerprint density at radius 1 is 1.10 bits per heavy atom. The van der Waals surface area contributed by atoms with Crippen molar-refractivity contribution in [2.45, 2.75) is 0 Å². The predicted octanol–water partition coefficient (Wildman–Crippen LogP) is 2.99. The van der Waals surface area contributed by atoms with Crippen molar-refractivity contribution in [3.8, 4) is 0 Å². The average molecular weight is 408 g/mol. The van der Waals surface area contributed by atoms with E-state index in [0.717, 1.165) is 6.20 Å². The van der Waals surface area contributed by atoms with E-state index in [2.05, 4.69) is 20.6 Å². The second kappa shape index (κ2) is 7.32. The second-order valence-electron chi connectivity index (χ2n) is 6.66. The Labute approximate surface area is 169 Å². The zero-order valence-corrected chi connectivity index (χ0v) is 16.0. The van der Waals surface area contributed by atoms with Gasteiger partial charge >= 0.3 is 5.97 Å². The molecule has 1 aromatic carbocycles. The van der Waals surface area contributed by atoms with Crippen molar-refractivity contribution in [1.82, 2.24) is 19.1 Å². The van der Waals surface area contributed by atoms with Gasteiger partial charge in [0.1, 0.15) is 11.4 Å². The third kappa shape index (κ3) is 3.46. The van der Waals surface area contributed by atoms with Crippen LogP contribution >= 0.6 is 0 Å². The van der Waals surface area contributed by atoms with Crippen molar-refractivity contribution in [3.63, 3.8) is 0 Å². The second-order valence-corrected chi connectivity index (χ2v) is 6.66. The SMILES string of the molecule is Cn1ccc2c(c(Nc3nc(Nc4ccc(F)cc4)ncc3C(=O)O)cn2C)c1=O. The summed E-state index contributed by atoms with van der Waals surface area (Å²) in [5.74, 6) is -1.48. The molecule has 0 aliphatic rings. The van der Waals surface area contributed by atoms with Gasteiger partial charge in [-0.05, 0) is 30.3 Å². The number of nitrogens with one attached hydrogen (secondary N) is 2. The molecule has 0 aliphatic carbocycles. The van der Waals surface area contributed by atoms with Gasteiger partial charge in [-0.1, -0.05) is 0 Å². The lowest BCUT2D eigenvalue weighted by molar-refractivity contribution is 0.0697. The van der Waals surface area contributed by atoms with E-state index in [9.17, 15) is 19.1 Å². The molecule has 0 saturated heterocycles. The molecule has 0 radical (unpaired) electrons. The Bertz CT molecular complexity index is 1330. The molecule has 0 fully saturated rings. The zero-order chi connectivity index (χ0) is 21.4. The lowest BCUT2D eigenvalue weighted by Crippen LogP contribution is -2.16. The number of hydrogen-bond acceptors (Lipinski definition) is 6. The van der Waals surface area contributed by atoms with E-state index in [1.165, 1.54) is 28.8 Å². The van der Waals surface area contributed by atoms with E-state index >= 15 is 0 Å². The number of anilines is 4. The molecule has 10 heteroatoms. The Hall–Kier alpha value is -4.21. The molecule has 0 atom stereocenters. The van der Waals surface area contributed by atoms with E-state index in [1.807, 2.05) is 0 Å². The van der Waals surface area contributed by atoms with Crippen molar-refractivity contribution < 1.29 is 14.3 Å². The van der Waals surface area contributed by atoms with Gasteiger partial charge in [-0.3, -0.25) is 4.79 Å². The van der Waals surface area contributed by atoms with E-state index in [4.69, 9.17) is 0 Å². The fourth-order valence-electron chi connectivity index (χ4n) is 3.07. The molecule has 30 heavy (non-hydrogen) atoms. The Morgan fingerprint density at radius 2 is 1.83 bits per heavy atom. The molecule has 152 valence electrons. The van der Waals surface area contributed by atoms with Crippen molar-refractivity contribution in [1.29, 1.82) is 0 Å². The summed E-state index contributed by atoms with van der Waals surface area (Å²) < 4.78 is 16.3. The van der Waals surface area contributed by atoms with Gasteiger partial charge in [-0.25, -0.2) is 14.2 Å². The predicted molar refractivity (Wildman–Crippen MR) is 110 cm³/mol. The van der Waals surface area contributed by atoms with E-state index < -0.39 is 5.97 Å². The van der Waals surface area contributed by atoms with Gasteiger partial charge in [0.15, 0.2) is 5.82 Å². The van der Waals surface area contributed by atoms with Gasteiger partial charge in [0.25, 0.3) is 5.56 Å². The summed E-state index contributed by atoms with van der Waals surface area (Å²) in [6, 6.07) is 7.36. The molecule has 0 bridgehead atoms. The third-order valence-electron chi connectivity index (χ3n) is 4.59. The molecule has 0 aliphatic heterocycles. The molecular formula is C20H17FN6O3. The number of rotatable bonds is 5. The van der Waals surface area contributed by atoms with Gasteiger partial charge in [0, 0.05) is 38.4 Å². The van der Waals surface area contributed by atoms with Gasteiger partial charge in [0.05, 0.1) is 16.6 Å². The summed E-state index contributed by atoms with van der Waals surface area (Å²) in [6.07, 6.45) is 4.51. The minimum Gasteiger partial charge on any atom is -0.477 e. The van der Waals surface area contributed by atoms with Crippen LogP contribution in [0.4, 0.5) is 27.5 Å². The standard InChI is InChI=1S/C20H17FN6O3/c1-26-8-7-15-16(18(26)28)14(10-27(15)2)24-17-13(19(29)30)9-22-20(25-17)23-12-5-3-11(21)4-6-12/h3-10H,1-2H3,(H,29,30)(H2,22,23,24,25). The summed E-state index contributed by atoms with van der Waals surface area (Å²) in [5.41, 5.74) is 1.25. The van der Waals surface area contributed by atoms with Crippen LogP contribution in [0.15, 0.2) is 53.7 Å². The van der Waals surface area contributed by atoms with Crippen molar-refractivity contribution in [2.24, 2.45) is 14.1 Å². The minimum absolute atomic E-state index is 0.0144. The number of benzene rings is 1. The lowest BCUT2D eigenvalue weighted by atomic mass is 10.2. The first-order chi connectivity index (χ1) is 14.3. The quantitative estimate of drug-likeness (QED) is 0.465. The minimum atomic E-state index is -1.22. The number of nitrogens with zero attached hydrogens (tertiary/aromatic N) is 4. The van der Waals surface area contributed by atoms with E-state index in [-0.39, 0.29) is 28.7 Å². The first-order valence-electron chi connectivity index (χ1n) is 8.88. The molecule has 0 unspecified atom stereocenters. The number of halogens is 1. The maximum absolute atomic E-state index is 13.1. The van der Waals surface area contributed by atoms with Crippen LogP contribution < -0.4 is 16.2 Å². The molecule has 0 saturated carbocycles. The van der Waals surface area contributed by atoms with Gasteiger partial charge in [-0.15, -0.1) is 0 Å². The van der Waals surface area contributed by atoms with Crippen LogP contribution in [0.3, 0.4) is 0 Å². The van der Waals surface area contributed by atoms with E-state index in [0.29, 0.717) is 22.3 Å². The summed E-state index contributed by atoms with van der Waals surface area (Å²) in [6.45, 7) is 0. The monoisotopic (exact) mass is 408 g/mol. The lowest BCUT2D eigenvalue weighted by Gasteiger charge is -2.10. The van der Waals surface area contributed by atoms with Crippen LogP contribution in [0.2, 0.25) is 0 Å². The van der Waals surface area contributed by atoms with E-state index in [1.54, 1.807) is 37.1 Å². The topological polar surface area (TPSA) is 114 Å². The molecule has 4 rings (SSSR count). The smallest absolute Gasteiger partial charge is 0.341 e. The van der Waals surface area contributed by atoms with Crippen molar-refractivity contribution in [3.05, 3.63) is 70.7 Å². The molecular weight excluding hydrogens is 391 g/mol. The van der Waals surface area contributed by atoms with Crippen LogP contribution in [0.5, 0.6) is 0 Å². The number of pyridine rings is 1. The van der Waals surface area contributed by atoms with Crippen molar-refractivity contribution >= 4 is 40.0 Å². The number of carbonyl (C=O) groups is 1. The summed E-state index contributed by atoms with van der Waals surface area (Å²) in [5, 5.41) is 15.8. The Kier molecular flexibility index (Phi) is 4.66. The molecule has 9 nitrogen and oxygen atoms in total. The van der Waals surface area contributed by atoms with Gasteiger partial charge < -0.3 is 24.9 Å². The summed E-state index contributed by atoms with van der Waals surface area (Å²) in [4.78, 5) is 32.5. The maximum Gasteiger partial charge on any atom is 0.341 e. The summed E-state index contributed by atoms with van der Waals surface area (Å²) in [7, 11) is 3.42. The number of aromatic nitrogens is 4. The first-order valence-corrected chi connectivity index (χ1v) is 8.88. The fraction of sp³-hybridized carbons (Fsp3) is 0.100. The number of hydrogen-bond donors (Lipinski definition) is 3. The number of carboxylic acid groups (broad SMARTS) is 1. The average Bonchev–Trinajstić information content (AvgIpc) is 3.02. The Morgan fingerprint density at radius 3 is 2.53 bits per heavy atom. The van der Waals surface area contributed by atoms with Gasteiger partial charge in [0.2, 0.25) is 5.95 Å². The number of aryl methyl sites for hydroxylation is 2. The number of carboxylic acids is 1. The third-order valence-corrected chi connectivity index (χ3v) is 4.59.